The minimum atomic E-state index is -4.15. The van der Waals surface area contributed by atoms with Crippen LogP contribution in [0.15, 0.2) is 101 Å². The molecule has 0 atom stereocenters. The molecule has 0 saturated carbocycles. The number of amides is 1. The van der Waals surface area contributed by atoms with Crippen molar-refractivity contribution in [1.29, 1.82) is 0 Å². The lowest BCUT2D eigenvalue weighted by molar-refractivity contribution is -0.119. The number of sulfonamides is 1. The maximum atomic E-state index is 13.7. The van der Waals surface area contributed by atoms with Gasteiger partial charge in [-0.25, -0.2) is 13.8 Å². The molecule has 4 aromatic rings. The molecule has 9 nitrogen and oxygen atoms in total. The largest absolute Gasteiger partial charge is 0.497 e. The highest BCUT2D eigenvalue weighted by molar-refractivity contribution is 7.92. The van der Waals surface area contributed by atoms with E-state index in [1.54, 1.807) is 54.6 Å². The summed E-state index contributed by atoms with van der Waals surface area (Å²) < 4.78 is 44.8. The van der Waals surface area contributed by atoms with Crippen LogP contribution in [0.25, 0.3) is 0 Å². The molecule has 0 bridgehead atoms. The van der Waals surface area contributed by atoms with E-state index in [2.05, 4.69) is 10.5 Å². The SMILES string of the molecule is COc1ccc(N(CC(=O)N/N=C\c2ccc(OCc3cccc(Cl)c3)cc2)S(=O)(=O)c2ccc(C)cc2)c(OC)c1. The van der Waals surface area contributed by atoms with Crippen LogP contribution in [-0.4, -0.2) is 41.3 Å². The molecule has 0 radical (unpaired) electrons. The Morgan fingerprint density at radius 1 is 0.929 bits per heavy atom. The molecule has 0 heterocycles. The molecule has 0 unspecified atom stereocenters. The van der Waals surface area contributed by atoms with Crippen LogP contribution in [0.5, 0.6) is 17.2 Å². The van der Waals surface area contributed by atoms with Crippen molar-refractivity contribution in [2.75, 3.05) is 25.1 Å². The average Bonchev–Trinajstić information content (AvgIpc) is 2.99. The van der Waals surface area contributed by atoms with Gasteiger partial charge in [0, 0.05) is 11.1 Å². The molecule has 0 aromatic heterocycles. The van der Waals surface area contributed by atoms with Gasteiger partial charge in [-0.2, -0.15) is 5.10 Å². The highest BCUT2D eigenvalue weighted by Crippen LogP contribution is 2.35. The van der Waals surface area contributed by atoms with Gasteiger partial charge in [-0.3, -0.25) is 9.10 Å². The number of rotatable bonds is 12. The average molecular weight is 608 g/mol. The molecule has 0 spiro atoms. The number of carbonyl (C=O) groups excluding carboxylic acids is 1. The quantitative estimate of drug-likeness (QED) is 0.166. The lowest BCUT2D eigenvalue weighted by Crippen LogP contribution is -2.39. The third-order valence-electron chi connectivity index (χ3n) is 6.13. The van der Waals surface area contributed by atoms with Crippen molar-refractivity contribution in [2.45, 2.75) is 18.4 Å². The molecule has 0 aliphatic rings. The summed E-state index contributed by atoms with van der Waals surface area (Å²) in [4.78, 5) is 13.0. The Labute approximate surface area is 250 Å². The highest BCUT2D eigenvalue weighted by atomic mass is 35.5. The number of anilines is 1. The van der Waals surface area contributed by atoms with Crippen molar-refractivity contribution in [2.24, 2.45) is 5.10 Å². The fourth-order valence-electron chi connectivity index (χ4n) is 3.92. The summed E-state index contributed by atoms with van der Waals surface area (Å²) in [5.41, 5.74) is 5.12. The van der Waals surface area contributed by atoms with Gasteiger partial charge in [0.05, 0.1) is 31.0 Å². The van der Waals surface area contributed by atoms with Crippen molar-refractivity contribution in [3.63, 3.8) is 0 Å². The van der Waals surface area contributed by atoms with Crippen molar-refractivity contribution in [1.82, 2.24) is 5.43 Å². The summed E-state index contributed by atoms with van der Waals surface area (Å²) in [6.07, 6.45) is 1.45. The number of hydrogen-bond donors (Lipinski definition) is 1. The van der Waals surface area contributed by atoms with Gasteiger partial charge in [0.1, 0.15) is 30.4 Å². The molecule has 0 aliphatic heterocycles. The number of carbonyl (C=O) groups is 1. The van der Waals surface area contributed by atoms with E-state index in [-0.39, 0.29) is 16.3 Å². The van der Waals surface area contributed by atoms with Crippen molar-refractivity contribution in [3.05, 3.63) is 113 Å². The van der Waals surface area contributed by atoms with Crippen LogP contribution in [-0.2, 0) is 21.4 Å². The first-order valence-electron chi connectivity index (χ1n) is 12.8. The van der Waals surface area contributed by atoms with E-state index in [0.717, 1.165) is 15.4 Å². The second-order valence-electron chi connectivity index (χ2n) is 9.14. The summed E-state index contributed by atoms with van der Waals surface area (Å²) >= 11 is 6.01. The predicted octanol–water partition coefficient (Wildman–Crippen LogP) is 5.59. The van der Waals surface area contributed by atoms with E-state index >= 15 is 0 Å². The number of hydrogen-bond acceptors (Lipinski definition) is 7. The predicted molar refractivity (Wildman–Crippen MR) is 163 cm³/mol. The maximum Gasteiger partial charge on any atom is 0.264 e. The zero-order chi connectivity index (χ0) is 30.1. The van der Waals surface area contributed by atoms with Gasteiger partial charge in [0.2, 0.25) is 0 Å². The first-order chi connectivity index (χ1) is 20.2. The number of nitrogens with zero attached hydrogens (tertiary/aromatic N) is 2. The van der Waals surface area contributed by atoms with E-state index in [9.17, 15) is 13.2 Å². The molecule has 1 N–H and O–H groups in total. The minimum Gasteiger partial charge on any atom is -0.497 e. The number of hydrazone groups is 1. The summed E-state index contributed by atoms with van der Waals surface area (Å²) in [6, 6.07) is 25.6. The number of aryl methyl sites for hydroxylation is 1. The Balaban J connectivity index is 1.46. The smallest absolute Gasteiger partial charge is 0.264 e. The van der Waals surface area contributed by atoms with Crippen molar-refractivity contribution >= 4 is 39.4 Å². The number of nitrogens with one attached hydrogen (secondary N) is 1. The van der Waals surface area contributed by atoms with Gasteiger partial charge in [-0.1, -0.05) is 41.4 Å². The van der Waals surface area contributed by atoms with Crippen LogP contribution in [0.4, 0.5) is 5.69 Å². The monoisotopic (exact) mass is 607 g/mol. The van der Waals surface area contributed by atoms with Crippen LogP contribution < -0.4 is 23.9 Å². The number of ether oxygens (including phenoxy) is 3. The molecule has 4 aromatic carbocycles. The van der Waals surface area contributed by atoms with Crippen LogP contribution in [0.2, 0.25) is 5.02 Å². The Kier molecular flexibility index (Phi) is 10.1. The van der Waals surface area contributed by atoms with Crippen molar-refractivity contribution in [3.8, 4) is 17.2 Å². The third-order valence-corrected chi connectivity index (χ3v) is 8.14. The topological polar surface area (TPSA) is 107 Å². The second-order valence-corrected chi connectivity index (χ2v) is 11.4. The molecule has 42 heavy (non-hydrogen) atoms. The molecule has 0 fully saturated rings. The van der Waals surface area contributed by atoms with Crippen LogP contribution in [0.1, 0.15) is 16.7 Å². The molecule has 218 valence electrons. The number of halogens is 1. The number of methoxy groups -OCH3 is 2. The summed E-state index contributed by atoms with van der Waals surface area (Å²) in [5, 5.41) is 4.65. The van der Waals surface area contributed by atoms with Gasteiger partial charge in [-0.05, 0) is 78.7 Å². The fourth-order valence-corrected chi connectivity index (χ4v) is 5.56. The molecule has 4 rings (SSSR count). The van der Waals surface area contributed by atoms with Crippen LogP contribution in [0.3, 0.4) is 0 Å². The molecule has 1 amide bonds. The standard InChI is InChI=1S/C31H30ClN3O6S/c1-22-7-14-28(15-8-22)42(37,38)35(29-16-13-27(39-2)18-30(29)40-3)20-31(36)34-33-19-23-9-11-26(12-10-23)41-21-24-5-4-6-25(32)17-24/h4-19H,20-21H2,1-3H3,(H,34,36)/b33-19-. The molecule has 11 heteroatoms. The first kappa shape index (κ1) is 30.4. The normalized spacial score (nSPS) is 11.2. The Bertz CT molecular complexity index is 1660. The van der Waals surface area contributed by atoms with E-state index in [4.69, 9.17) is 25.8 Å². The fraction of sp³-hybridized carbons (Fsp3) is 0.161. The molecular formula is C31H30ClN3O6S. The minimum absolute atomic E-state index is 0.0277. The first-order valence-corrected chi connectivity index (χ1v) is 14.6. The van der Waals surface area contributed by atoms with Gasteiger partial charge in [0.25, 0.3) is 15.9 Å². The summed E-state index contributed by atoms with van der Waals surface area (Å²) in [6.45, 7) is 1.67. The van der Waals surface area contributed by atoms with Gasteiger partial charge < -0.3 is 14.2 Å². The lowest BCUT2D eigenvalue weighted by atomic mass is 10.2. The lowest BCUT2D eigenvalue weighted by Gasteiger charge is -2.25. The zero-order valence-corrected chi connectivity index (χ0v) is 24.9. The number of benzene rings is 4. The van der Waals surface area contributed by atoms with Crippen LogP contribution >= 0.6 is 11.6 Å². The molecular weight excluding hydrogens is 578 g/mol. The van der Waals surface area contributed by atoms with Crippen LogP contribution in [0, 0.1) is 6.92 Å². The third kappa shape index (κ3) is 7.80. The highest BCUT2D eigenvalue weighted by Gasteiger charge is 2.29. The Hall–Kier alpha value is -4.54. The van der Waals surface area contributed by atoms with Gasteiger partial charge in [0.15, 0.2) is 0 Å². The van der Waals surface area contributed by atoms with E-state index < -0.39 is 22.5 Å². The maximum absolute atomic E-state index is 13.7. The molecule has 0 aliphatic carbocycles. The van der Waals surface area contributed by atoms with E-state index in [1.807, 2.05) is 25.1 Å². The molecule has 0 saturated heterocycles. The summed E-state index contributed by atoms with van der Waals surface area (Å²) in [7, 11) is -1.25. The van der Waals surface area contributed by atoms with E-state index in [0.29, 0.717) is 28.7 Å². The van der Waals surface area contributed by atoms with Gasteiger partial charge >= 0.3 is 0 Å². The van der Waals surface area contributed by atoms with Crippen molar-refractivity contribution < 1.29 is 27.4 Å². The Morgan fingerprint density at radius 3 is 2.31 bits per heavy atom. The second kappa shape index (κ2) is 13.9. The Morgan fingerprint density at radius 2 is 1.64 bits per heavy atom. The van der Waals surface area contributed by atoms with Gasteiger partial charge in [-0.15, -0.1) is 0 Å². The zero-order valence-electron chi connectivity index (χ0n) is 23.3. The van der Waals surface area contributed by atoms with E-state index in [1.165, 1.54) is 38.6 Å². The summed E-state index contributed by atoms with van der Waals surface area (Å²) in [5.74, 6) is 0.695.